The van der Waals surface area contributed by atoms with Gasteiger partial charge in [0, 0.05) is 12.3 Å². The van der Waals surface area contributed by atoms with E-state index in [1.807, 2.05) is 0 Å². The summed E-state index contributed by atoms with van der Waals surface area (Å²) in [5.41, 5.74) is 4.82. The van der Waals surface area contributed by atoms with Crippen molar-refractivity contribution in [3.8, 4) is 0 Å². The monoisotopic (exact) mass is 334 g/mol. The lowest BCUT2D eigenvalue weighted by Gasteiger charge is -2.16. The second-order valence-corrected chi connectivity index (χ2v) is 4.67. The van der Waals surface area contributed by atoms with Crippen LogP contribution < -0.4 is 10.7 Å². The number of benzene rings is 1. The summed E-state index contributed by atoms with van der Waals surface area (Å²) >= 11 is 0. The highest BCUT2D eigenvalue weighted by Gasteiger charge is 2.18. The Morgan fingerprint density at radius 1 is 1.25 bits per heavy atom. The minimum absolute atomic E-state index is 0.00637. The number of halogens is 2. The maximum atomic E-state index is 13.3. The molecular weight excluding hydrogens is 322 g/mol. The molecule has 2 aromatic rings. The molecule has 0 fully saturated rings. The molecule has 0 radical (unpaired) electrons. The van der Waals surface area contributed by atoms with Crippen LogP contribution in [-0.2, 0) is 0 Å². The van der Waals surface area contributed by atoms with E-state index in [1.54, 1.807) is 0 Å². The van der Waals surface area contributed by atoms with Gasteiger partial charge in [-0.1, -0.05) is 0 Å². The van der Waals surface area contributed by atoms with E-state index in [9.17, 15) is 18.4 Å². The quantitative estimate of drug-likeness (QED) is 0.661. The number of nitrogens with two attached hydrogens (primary N) is 1. The number of nitrogens with zero attached hydrogens (tertiary/aromatic N) is 3. The van der Waals surface area contributed by atoms with E-state index >= 15 is 0 Å². The van der Waals surface area contributed by atoms with Crippen molar-refractivity contribution in [3.05, 3.63) is 59.4 Å². The molecule has 1 aromatic heterocycles. The van der Waals surface area contributed by atoms with Crippen LogP contribution in [0.3, 0.4) is 0 Å². The molecule has 0 atom stereocenters. The predicted octanol–water partition coefficient (Wildman–Crippen LogP) is 2.37. The maximum Gasteiger partial charge on any atom is 0.340 e. The van der Waals surface area contributed by atoms with E-state index in [0.717, 1.165) is 12.1 Å². The molecule has 2 amide bonds. The molecule has 0 aliphatic rings. The third-order valence-corrected chi connectivity index (χ3v) is 2.93. The van der Waals surface area contributed by atoms with Crippen LogP contribution in [-0.4, -0.2) is 27.8 Å². The lowest BCUT2D eigenvalue weighted by molar-refractivity contribution is 0.0696. The number of anilines is 1. The number of amides is 2. The number of rotatable bonds is 4. The molecule has 1 aromatic carbocycles. The van der Waals surface area contributed by atoms with Crippen molar-refractivity contribution in [2.24, 2.45) is 10.8 Å². The number of hydrogen-bond acceptors (Lipinski definition) is 4. The first-order valence-corrected chi connectivity index (χ1v) is 6.59. The summed E-state index contributed by atoms with van der Waals surface area (Å²) in [4.78, 5) is 26.7. The van der Waals surface area contributed by atoms with E-state index in [0.29, 0.717) is 11.1 Å². The molecule has 0 unspecified atom stereocenters. The van der Waals surface area contributed by atoms with Crippen LogP contribution in [0.15, 0.2) is 41.6 Å². The Kier molecular flexibility index (Phi) is 4.83. The summed E-state index contributed by atoms with van der Waals surface area (Å²) in [6, 6.07) is 3.98. The fourth-order valence-corrected chi connectivity index (χ4v) is 1.96. The van der Waals surface area contributed by atoms with Crippen molar-refractivity contribution in [2.75, 3.05) is 5.01 Å². The maximum absolute atomic E-state index is 13.3. The van der Waals surface area contributed by atoms with Crippen LogP contribution in [0, 0.1) is 11.6 Å². The molecule has 0 saturated carbocycles. The second kappa shape index (κ2) is 6.82. The van der Waals surface area contributed by atoms with Gasteiger partial charge < -0.3 is 10.8 Å². The number of aromatic nitrogens is 1. The lowest BCUT2D eigenvalue weighted by Crippen LogP contribution is -2.32. The summed E-state index contributed by atoms with van der Waals surface area (Å²) in [7, 11) is 0. The van der Waals surface area contributed by atoms with Crippen LogP contribution >= 0.6 is 0 Å². The number of carbonyl (C=O) groups excluding carboxylic acids is 1. The number of aromatic carboxylic acids is 1. The minimum Gasteiger partial charge on any atom is -0.478 e. The third-order valence-electron chi connectivity index (χ3n) is 2.93. The van der Waals surface area contributed by atoms with Crippen molar-refractivity contribution in [1.29, 1.82) is 0 Å². The van der Waals surface area contributed by atoms with Gasteiger partial charge in [-0.3, -0.25) is 4.98 Å². The molecule has 1 heterocycles. The molecule has 0 saturated heterocycles. The number of carboxylic acid groups (broad SMARTS) is 1. The first-order chi connectivity index (χ1) is 11.3. The van der Waals surface area contributed by atoms with Gasteiger partial charge in [0.05, 0.1) is 17.0 Å². The van der Waals surface area contributed by atoms with Crippen LogP contribution in [0.1, 0.15) is 23.0 Å². The van der Waals surface area contributed by atoms with E-state index < -0.39 is 23.6 Å². The minimum atomic E-state index is -1.24. The number of hydrogen-bond donors (Lipinski definition) is 2. The first-order valence-electron chi connectivity index (χ1n) is 6.59. The Balaban J connectivity index is 2.52. The Bertz CT molecular complexity index is 819. The number of carbonyl (C=O) groups is 2. The number of hydrazone groups is 1. The Hall–Kier alpha value is -3.36. The second-order valence-electron chi connectivity index (χ2n) is 4.67. The van der Waals surface area contributed by atoms with Crippen molar-refractivity contribution in [3.63, 3.8) is 0 Å². The Labute approximate surface area is 135 Å². The molecular formula is C15H12F2N4O3. The predicted molar refractivity (Wildman–Crippen MR) is 81.8 cm³/mol. The van der Waals surface area contributed by atoms with Gasteiger partial charge in [-0.15, -0.1) is 0 Å². The van der Waals surface area contributed by atoms with Gasteiger partial charge in [-0.2, -0.15) is 10.1 Å². The number of pyridine rings is 1. The molecule has 124 valence electrons. The Morgan fingerprint density at radius 2 is 1.88 bits per heavy atom. The van der Waals surface area contributed by atoms with Crippen LogP contribution in [0.4, 0.5) is 19.3 Å². The summed E-state index contributed by atoms with van der Waals surface area (Å²) in [6.45, 7) is 1.39. The highest BCUT2D eigenvalue weighted by molar-refractivity contribution is 6.07. The van der Waals surface area contributed by atoms with Gasteiger partial charge in [-0.05, 0) is 31.2 Å². The average molecular weight is 334 g/mol. The van der Waals surface area contributed by atoms with Crippen molar-refractivity contribution >= 4 is 23.4 Å². The highest BCUT2D eigenvalue weighted by atomic mass is 19.1. The average Bonchev–Trinajstić information content (AvgIpc) is 2.51. The fraction of sp³-hybridized carbons (Fsp3) is 0.0667. The van der Waals surface area contributed by atoms with Crippen molar-refractivity contribution in [2.45, 2.75) is 6.92 Å². The summed E-state index contributed by atoms with van der Waals surface area (Å²) in [5.74, 6) is -3.09. The van der Waals surface area contributed by atoms with Gasteiger partial charge in [0.15, 0.2) is 0 Å². The third kappa shape index (κ3) is 3.69. The molecule has 0 aliphatic heterocycles. The molecule has 24 heavy (non-hydrogen) atoms. The zero-order valence-electron chi connectivity index (χ0n) is 12.4. The van der Waals surface area contributed by atoms with Crippen LogP contribution in [0.25, 0.3) is 0 Å². The number of primary amides is 1. The van der Waals surface area contributed by atoms with Crippen LogP contribution in [0.5, 0.6) is 0 Å². The number of urea groups is 1. The smallest absolute Gasteiger partial charge is 0.340 e. The standard InChI is InChI=1S/C15H12F2N4O3/c1-8(13-12(14(22)23)3-2-4-19-13)20-21(15(18)24)11-6-9(16)5-10(17)7-11/h2-7H,1H3,(H2,18,24)(H,22,23)/b20-8-. The van der Waals surface area contributed by atoms with E-state index in [-0.39, 0.29) is 22.7 Å². The first kappa shape index (κ1) is 17.0. The van der Waals surface area contributed by atoms with Gasteiger partial charge in [-0.25, -0.2) is 18.4 Å². The molecule has 9 heteroatoms. The molecule has 2 rings (SSSR count). The fourth-order valence-electron chi connectivity index (χ4n) is 1.96. The van der Waals surface area contributed by atoms with Gasteiger partial charge in [0.25, 0.3) is 0 Å². The van der Waals surface area contributed by atoms with Crippen molar-refractivity contribution < 1.29 is 23.5 Å². The highest BCUT2D eigenvalue weighted by Crippen LogP contribution is 2.19. The van der Waals surface area contributed by atoms with Gasteiger partial charge in [0.2, 0.25) is 0 Å². The summed E-state index contributed by atoms with van der Waals surface area (Å²) in [6.07, 6.45) is 1.34. The van der Waals surface area contributed by atoms with Crippen LogP contribution in [0.2, 0.25) is 0 Å². The topological polar surface area (TPSA) is 109 Å². The summed E-state index contributed by atoms with van der Waals surface area (Å²) < 4.78 is 26.6. The van der Waals surface area contributed by atoms with Gasteiger partial charge in [0.1, 0.15) is 17.3 Å². The number of carboxylic acids is 1. The molecule has 7 nitrogen and oxygen atoms in total. The normalized spacial score (nSPS) is 11.2. The zero-order valence-corrected chi connectivity index (χ0v) is 12.4. The zero-order chi connectivity index (χ0) is 17.9. The molecule has 3 N–H and O–H groups in total. The molecule has 0 aliphatic carbocycles. The lowest BCUT2D eigenvalue weighted by atomic mass is 10.1. The van der Waals surface area contributed by atoms with Crippen molar-refractivity contribution in [1.82, 2.24) is 4.98 Å². The largest absolute Gasteiger partial charge is 0.478 e. The van der Waals surface area contributed by atoms with E-state index in [1.165, 1.54) is 25.3 Å². The SMILES string of the molecule is C/C(=N/N(C(N)=O)c1cc(F)cc(F)c1)c1ncccc1C(=O)O. The van der Waals surface area contributed by atoms with Gasteiger partial charge >= 0.3 is 12.0 Å². The summed E-state index contributed by atoms with van der Waals surface area (Å²) in [5, 5.41) is 13.6. The van der Waals surface area contributed by atoms with E-state index in [4.69, 9.17) is 10.8 Å². The molecule has 0 spiro atoms. The Morgan fingerprint density at radius 3 is 2.42 bits per heavy atom. The van der Waals surface area contributed by atoms with E-state index in [2.05, 4.69) is 10.1 Å². The molecule has 0 bridgehead atoms.